The minimum Gasteiger partial charge on any atom is -0.350 e. The quantitative estimate of drug-likeness (QED) is 0.563. The summed E-state index contributed by atoms with van der Waals surface area (Å²) in [6, 6.07) is 2.53. The summed E-state index contributed by atoms with van der Waals surface area (Å²) in [5.74, 6) is -1.02. The molecule has 1 N–H and O–H groups in total. The summed E-state index contributed by atoms with van der Waals surface area (Å²) in [4.78, 5) is 12.7. The molecule has 1 aromatic rings. The van der Waals surface area contributed by atoms with E-state index in [9.17, 15) is 9.18 Å². The highest BCUT2D eigenvalue weighted by Gasteiger charge is 2.02. The van der Waals surface area contributed by atoms with E-state index in [1.165, 1.54) is 12.3 Å². The van der Waals surface area contributed by atoms with Crippen LogP contribution < -0.4 is 5.43 Å². The van der Waals surface area contributed by atoms with Crippen molar-refractivity contribution in [2.45, 2.75) is 0 Å². The number of hydrogen-bond donors (Lipinski definition) is 1. The van der Waals surface area contributed by atoms with E-state index in [0.29, 0.717) is 0 Å². The van der Waals surface area contributed by atoms with Crippen LogP contribution in [-0.4, -0.2) is 4.98 Å². The molecule has 0 aliphatic heterocycles. The van der Waals surface area contributed by atoms with Crippen molar-refractivity contribution < 1.29 is 4.39 Å². The lowest BCUT2D eigenvalue weighted by Gasteiger charge is -1.87. The van der Waals surface area contributed by atoms with Crippen LogP contribution in [-0.2, 0) is 0 Å². The van der Waals surface area contributed by atoms with Gasteiger partial charge in [0.2, 0.25) is 11.2 Å². The Kier molecular flexibility index (Phi) is 1.50. The molecule has 0 spiro atoms. The van der Waals surface area contributed by atoms with Gasteiger partial charge in [-0.1, -0.05) is 0 Å². The van der Waals surface area contributed by atoms with E-state index in [0.717, 1.165) is 6.07 Å². The first-order valence-corrected chi connectivity index (χ1v) is 2.53. The zero-order valence-corrected chi connectivity index (χ0v) is 4.89. The Morgan fingerprint density at radius 1 is 1.70 bits per heavy atom. The molecule has 50 valence electrons. The van der Waals surface area contributed by atoms with Gasteiger partial charge in [-0.2, -0.15) is 9.65 Å². The Hall–Kier alpha value is -1.63. The van der Waals surface area contributed by atoms with Gasteiger partial charge in [0.15, 0.2) is 5.69 Å². The number of aromatic amines is 1. The van der Waals surface area contributed by atoms with Gasteiger partial charge in [0, 0.05) is 12.3 Å². The Morgan fingerprint density at radius 3 is 2.90 bits per heavy atom. The first kappa shape index (κ1) is 6.49. The summed E-state index contributed by atoms with van der Waals surface area (Å²) in [5, 5.41) is 8.18. The van der Waals surface area contributed by atoms with Gasteiger partial charge in [-0.05, 0) is 0 Å². The summed E-state index contributed by atoms with van der Waals surface area (Å²) in [7, 11) is 0. The molecule has 1 heterocycles. The average molecular weight is 138 g/mol. The Bertz CT molecular complexity index is 336. The second-order valence-corrected chi connectivity index (χ2v) is 1.64. The first-order chi connectivity index (χ1) is 4.75. The van der Waals surface area contributed by atoms with Crippen LogP contribution in [0.2, 0.25) is 0 Å². The number of aromatic nitrogens is 1. The van der Waals surface area contributed by atoms with Crippen LogP contribution in [0.5, 0.6) is 0 Å². The van der Waals surface area contributed by atoms with Crippen LogP contribution in [0.25, 0.3) is 0 Å². The lowest BCUT2D eigenvalue weighted by Crippen LogP contribution is -2.07. The normalized spacial score (nSPS) is 8.80. The molecule has 0 saturated carbocycles. The van der Waals surface area contributed by atoms with Crippen LogP contribution in [0.3, 0.4) is 0 Å². The molecule has 0 amide bonds. The standard InChI is InChI=1S/C6H3FN2O/c7-6-4(3-8)9-2-1-5(6)10/h1-2H,(H,9,10). The third-order valence-corrected chi connectivity index (χ3v) is 1.01. The van der Waals surface area contributed by atoms with E-state index in [-0.39, 0.29) is 5.69 Å². The topological polar surface area (TPSA) is 56.6 Å². The van der Waals surface area contributed by atoms with Crippen molar-refractivity contribution >= 4 is 0 Å². The monoisotopic (exact) mass is 138 g/mol. The van der Waals surface area contributed by atoms with Crippen molar-refractivity contribution in [2.75, 3.05) is 0 Å². The second-order valence-electron chi connectivity index (χ2n) is 1.64. The van der Waals surface area contributed by atoms with Gasteiger partial charge in [-0.3, -0.25) is 4.79 Å². The van der Waals surface area contributed by atoms with Crippen LogP contribution in [0, 0.1) is 17.1 Å². The maximum absolute atomic E-state index is 12.4. The van der Waals surface area contributed by atoms with Crippen LogP contribution in [0.15, 0.2) is 17.1 Å². The van der Waals surface area contributed by atoms with E-state index in [1.54, 1.807) is 0 Å². The number of nitrogens with one attached hydrogen (secondary N) is 1. The molecule has 4 heteroatoms. The van der Waals surface area contributed by atoms with Crippen molar-refractivity contribution in [3.8, 4) is 6.07 Å². The molecular formula is C6H3FN2O. The summed E-state index contributed by atoms with van der Waals surface area (Å²) in [6.45, 7) is 0. The third-order valence-electron chi connectivity index (χ3n) is 1.01. The van der Waals surface area contributed by atoms with Gasteiger partial charge in [0.05, 0.1) is 0 Å². The number of nitrogens with zero attached hydrogens (tertiary/aromatic N) is 1. The van der Waals surface area contributed by atoms with Crippen LogP contribution in [0.4, 0.5) is 4.39 Å². The zero-order chi connectivity index (χ0) is 7.56. The Morgan fingerprint density at radius 2 is 2.40 bits per heavy atom. The summed E-state index contributed by atoms with van der Waals surface area (Å²) in [5.41, 5.74) is -1.09. The second kappa shape index (κ2) is 2.31. The van der Waals surface area contributed by atoms with Crippen molar-refractivity contribution in [2.24, 2.45) is 0 Å². The van der Waals surface area contributed by atoms with Crippen LogP contribution in [0.1, 0.15) is 5.69 Å². The van der Waals surface area contributed by atoms with E-state index in [4.69, 9.17) is 5.26 Å². The molecule has 1 aromatic heterocycles. The van der Waals surface area contributed by atoms with Gasteiger partial charge < -0.3 is 4.98 Å². The van der Waals surface area contributed by atoms with Crippen molar-refractivity contribution in [3.05, 3.63) is 34.0 Å². The largest absolute Gasteiger partial charge is 0.350 e. The van der Waals surface area contributed by atoms with Gasteiger partial charge in [-0.15, -0.1) is 0 Å². The highest BCUT2D eigenvalue weighted by Crippen LogP contribution is 1.92. The molecule has 0 bridgehead atoms. The SMILES string of the molecule is N#Cc1[nH]ccc(=O)c1F. The number of nitriles is 1. The fraction of sp³-hybridized carbons (Fsp3) is 0. The molecule has 10 heavy (non-hydrogen) atoms. The number of halogens is 1. The summed E-state index contributed by atoms with van der Waals surface area (Å²) in [6.07, 6.45) is 1.23. The van der Waals surface area contributed by atoms with E-state index in [2.05, 4.69) is 4.98 Å². The van der Waals surface area contributed by atoms with Gasteiger partial charge in [0.1, 0.15) is 6.07 Å². The molecule has 0 aliphatic rings. The van der Waals surface area contributed by atoms with Crippen molar-refractivity contribution in [1.82, 2.24) is 4.98 Å². The molecule has 0 unspecified atom stereocenters. The van der Waals surface area contributed by atoms with Gasteiger partial charge >= 0.3 is 0 Å². The molecule has 1 rings (SSSR count). The molecule has 3 nitrogen and oxygen atoms in total. The van der Waals surface area contributed by atoms with Gasteiger partial charge in [-0.25, -0.2) is 0 Å². The minimum absolute atomic E-state index is 0.326. The fourth-order valence-electron chi connectivity index (χ4n) is 0.542. The third kappa shape index (κ3) is 0.890. The predicted octanol–water partition coefficient (Wildman–Crippen LogP) is 0.386. The summed E-state index contributed by atoms with van der Waals surface area (Å²) < 4.78 is 12.4. The molecular weight excluding hydrogens is 135 g/mol. The van der Waals surface area contributed by atoms with E-state index >= 15 is 0 Å². The number of rotatable bonds is 0. The van der Waals surface area contributed by atoms with Crippen molar-refractivity contribution in [3.63, 3.8) is 0 Å². The number of pyridine rings is 1. The van der Waals surface area contributed by atoms with Crippen molar-refractivity contribution in [1.29, 1.82) is 5.26 Å². The molecule has 0 atom stereocenters. The van der Waals surface area contributed by atoms with E-state index in [1.807, 2.05) is 0 Å². The lowest BCUT2D eigenvalue weighted by atomic mass is 10.3. The van der Waals surface area contributed by atoms with Gasteiger partial charge in [0.25, 0.3) is 0 Å². The zero-order valence-electron chi connectivity index (χ0n) is 4.89. The Labute approximate surface area is 55.7 Å². The molecule has 0 radical (unpaired) electrons. The molecule has 0 aromatic carbocycles. The maximum atomic E-state index is 12.4. The molecule has 0 aliphatic carbocycles. The molecule has 0 fully saturated rings. The minimum atomic E-state index is -1.02. The molecule has 0 saturated heterocycles. The Balaban J connectivity index is 3.46. The maximum Gasteiger partial charge on any atom is 0.218 e. The lowest BCUT2D eigenvalue weighted by molar-refractivity contribution is 0.606. The highest BCUT2D eigenvalue weighted by atomic mass is 19.1. The average Bonchev–Trinajstić information content (AvgIpc) is 1.95. The number of H-pyrrole nitrogens is 1. The number of hydrogen-bond acceptors (Lipinski definition) is 2. The smallest absolute Gasteiger partial charge is 0.218 e. The summed E-state index contributed by atoms with van der Waals surface area (Å²) >= 11 is 0. The first-order valence-electron chi connectivity index (χ1n) is 2.53. The highest BCUT2D eigenvalue weighted by molar-refractivity contribution is 5.20. The predicted molar refractivity (Wildman–Crippen MR) is 31.7 cm³/mol. The fourth-order valence-corrected chi connectivity index (χ4v) is 0.542. The van der Waals surface area contributed by atoms with E-state index < -0.39 is 11.2 Å². The van der Waals surface area contributed by atoms with Crippen LogP contribution >= 0.6 is 0 Å².